The van der Waals surface area contributed by atoms with Crippen LogP contribution in [0.4, 0.5) is 13.2 Å². The van der Waals surface area contributed by atoms with E-state index >= 15 is 0 Å². The van der Waals surface area contributed by atoms with Crippen LogP contribution in [0, 0.1) is 5.92 Å². The lowest BCUT2D eigenvalue weighted by Crippen LogP contribution is -2.37. The Morgan fingerprint density at radius 3 is 2.62 bits per heavy atom. The topological polar surface area (TPSA) is 49.4 Å². The summed E-state index contributed by atoms with van der Waals surface area (Å²) in [4.78, 5) is 25.3. The Morgan fingerprint density at radius 1 is 1.25 bits per heavy atom. The number of carbonyl (C=O) groups excluding carboxylic acids is 2. The summed E-state index contributed by atoms with van der Waals surface area (Å²) in [6, 6.07) is 4.95. The number of benzene rings is 1. The van der Waals surface area contributed by atoms with Crippen LogP contribution in [0.3, 0.4) is 0 Å². The van der Waals surface area contributed by atoms with E-state index in [0.29, 0.717) is 12.3 Å². The molecule has 7 heteroatoms. The van der Waals surface area contributed by atoms with Gasteiger partial charge in [0.25, 0.3) is 0 Å². The van der Waals surface area contributed by atoms with Gasteiger partial charge in [0.15, 0.2) is 0 Å². The Bertz CT molecular complexity index is 641. The van der Waals surface area contributed by atoms with Gasteiger partial charge in [-0.1, -0.05) is 18.2 Å². The molecule has 1 N–H and O–H groups in total. The second-order valence-electron chi connectivity index (χ2n) is 6.55. The van der Waals surface area contributed by atoms with Gasteiger partial charge in [-0.3, -0.25) is 9.59 Å². The van der Waals surface area contributed by atoms with E-state index < -0.39 is 11.7 Å². The fourth-order valence-electron chi connectivity index (χ4n) is 3.03. The third kappa shape index (κ3) is 4.07. The predicted octanol–water partition coefficient (Wildman–Crippen LogP) is 2.72. The molecule has 3 rings (SSSR count). The number of likely N-dealkylation sites (tertiary alicyclic amines) is 1. The molecule has 1 atom stereocenters. The van der Waals surface area contributed by atoms with Crippen LogP contribution in [-0.4, -0.2) is 29.3 Å². The second-order valence-corrected chi connectivity index (χ2v) is 6.55. The van der Waals surface area contributed by atoms with Crippen molar-refractivity contribution in [2.45, 2.75) is 44.4 Å². The normalized spacial score (nSPS) is 21.2. The molecule has 1 saturated carbocycles. The smallest absolute Gasteiger partial charge is 0.351 e. The molecule has 0 bridgehead atoms. The van der Waals surface area contributed by atoms with E-state index in [-0.39, 0.29) is 42.9 Å². The molecule has 1 aliphatic heterocycles. The van der Waals surface area contributed by atoms with Gasteiger partial charge >= 0.3 is 6.18 Å². The van der Waals surface area contributed by atoms with Crippen LogP contribution in [0.15, 0.2) is 24.3 Å². The number of hydrogen-bond acceptors (Lipinski definition) is 2. The quantitative estimate of drug-likeness (QED) is 0.896. The van der Waals surface area contributed by atoms with Gasteiger partial charge in [0.1, 0.15) is 0 Å². The highest BCUT2D eigenvalue weighted by Crippen LogP contribution is 2.33. The average Bonchev–Trinajstić information content (AvgIpc) is 3.23. The van der Waals surface area contributed by atoms with Crippen molar-refractivity contribution in [1.29, 1.82) is 0 Å². The van der Waals surface area contributed by atoms with Gasteiger partial charge in [-0.15, -0.1) is 0 Å². The summed E-state index contributed by atoms with van der Waals surface area (Å²) in [5.41, 5.74) is -0.651. The zero-order valence-corrected chi connectivity index (χ0v) is 13.1. The molecule has 0 radical (unpaired) electrons. The van der Waals surface area contributed by atoms with Crippen LogP contribution in [0.2, 0.25) is 0 Å². The van der Waals surface area contributed by atoms with E-state index in [1.165, 1.54) is 23.1 Å². The summed E-state index contributed by atoms with van der Waals surface area (Å²) in [5.74, 6) is 0.147. The third-order valence-electron chi connectivity index (χ3n) is 4.43. The first kappa shape index (κ1) is 16.8. The van der Waals surface area contributed by atoms with Gasteiger partial charge in [0, 0.05) is 25.9 Å². The molecular formula is C17H19F3N2O2. The molecule has 1 aliphatic carbocycles. The molecule has 4 nitrogen and oxygen atoms in total. The molecule has 1 saturated heterocycles. The molecule has 2 fully saturated rings. The fraction of sp³-hybridized carbons (Fsp3) is 0.529. The van der Waals surface area contributed by atoms with Crippen molar-refractivity contribution < 1.29 is 22.8 Å². The first-order valence-electron chi connectivity index (χ1n) is 8.05. The highest BCUT2D eigenvalue weighted by atomic mass is 19.4. The van der Waals surface area contributed by atoms with Crippen molar-refractivity contribution >= 4 is 11.8 Å². The van der Waals surface area contributed by atoms with Crippen LogP contribution in [0.5, 0.6) is 0 Å². The van der Waals surface area contributed by atoms with E-state index in [2.05, 4.69) is 5.32 Å². The lowest BCUT2D eigenvalue weighted by atomic mass is 10.1. The summed E-state index contributed by atoms with van der Waals surface area (Å²) in [7, 11) is 0. The average molecular weight is 340 g/mol. The van der Waals surface area contributed by atoms with E-state index in [1.54, 1.807) is 0 Å². The molecule has 1 aromatic carbocycles. The summed E-state index contributed by atoms with van der Waals surface area (Å²) in [6.07, 6.45) is -1.70. The maximum absolute atomic E-state index is 13.0. The number of alkyl halides is 3. The number of nitrogens with one attached hydrogen (secondary N) is 1. The van der Waals surface area contributed by atoms with Crippen molar-refractivity contribution in [3.8, 4) is 0 Å². The van der Waals surface area contributed by atoms with Gasteiger partial charge in [-0.2, -0.15) is 13.2 Å². The minimum absolute atomic E-state index is 0.0725. The molecule has 2 aliphatic rings. The van der Waals surface area contributed by atoms with Gasteiger partial charge in [-0.25, -0.2) is 0 Å². The molecule has 130 valence electrons. The van der Waals surface area contributed by atoms with Crippen molar-refractivity contribution in [3.63, 3.8) is 0 Å². The molecule has 2 amide bonds. The zero-order chi connectivity index (χ0) is 17.3. The molecule has 1 heterocycles. The van der Waals surface area contributed by atoms with Crippen LogP contribution >= 0.6 is 0 Å². The molecule has 0 aromatic heterocycles. The maximum atomic E-state index is 13.0. The third-order valence-corrected chi connectivity index (χ3v) is 4.43. The summed E-state index contributed by atoms with van der Waals surface area (Å²) in [5, 5.41) is 2.82. The van der Waals surface area contributed by atoms with Crippen molar-refractivity contribution in [3.05, 3.63) is 35.4 Å². The van der Waals surface area contributed by atoms with Gasteiger partial charge in [-0.05, 0) is 30.4 Å². The van der Waals surface area contributed by atoms with E-state index in [1.807, 2.05) is 0 Å². The minimum atomic E-state index is -4.45. The predicted molar refractivity (Wildman–Crippen MR) is 80.7 cm³/mol. The van der Waals surface area contributed by atoms with Crippen molar-refractivity contribution in [2.24, 2.45) is 5.92 Å². The molecule has 0 unspecified atom stereocenters. The highest BCUT2D eigenvalue weighted by molar-refractivity contribution is 5.82. The SMILES string of the molecule is O=C(CC1CC1)N[C@@H]1CC(=O)N(Cc2ccccc2C(F)(F)F)C1. The van der Waals surface area contributed by atoms with E-state index in [0.717, 1.165) is 18.9 Å². The summed E-state index contributed by atoms with van der Waals surface area (Å²) in [6.45, 7) is 0.158. The van der Waals surface area contributed by atoms with Crippen LogP contribution in [0.25, 0.3) is 0 Å². The van der Waals surface area contributed by atoms with E-state index in [9.17, 15) is 22.8 Å². The van der Waals surface area contributed by atoms with Crippen molar-refractivity contribution in [2.75, 3.05) is 6.54 Å². The van der Waals surface area contributed by atoms with E-state index in [4.69, 9.17) is 0 Å². The number of halogens is 3. The Labute approximate surface area is 138 Å². The highest BCUT2D eigenvalue weighted by Gasteiger charge is 2.36. The van der Waals surface area contributed by atoms with Crippen LogP contribution in [-0.2, 0) is 22.3 Å². The first-order valence-corrected chi connectivity index (χ1v) is 8.05. The van der Waals surface area contributed by atoms with Gasteiger partial charge in [0.05, 0.1) is 11.6 Å². The van der Waals surface area contributed by atoms with Crippen LogP contribution < -0.4 is 5.32 Å². The lowest BCUT2D eigenvalue weighted by Gasteiger charge is -2.20. The molecule has 24 heavy (non-hydrogen) atoms. The Balaban J connectivity index is 1.62. The van der Waals surface area contributed by atoms with Crippen LogP contribution in [0.1, 0.15) is 36.8 Å². The molecular weight excluding hydrogens is 321 g/mol. The Hall–Kier alpha value is -2.05. The Morgan fingerprint density at radius 2 is 1.96 bits per heavy atom. The first-order chi connectivity index (χ1) is 11.3. The minimum Gasteiger partial charge on any atom is -0.351 e. The summed E-state index contributed by atoms with van der Waals surface area (Å²) < 4.78 is 39.1. The number of rotatable bonds is 5. The number of carbonyl (C=O) groups is 2. The van der Waals surface area contributed by atoms with Gasteiger partial charge in [0.2, 0.25) is 11.8 Å². The number of hydrogen-bond donors (Lipinski definition) is 1. The second kappa shape index (κ2) is 6.45. The largest absolute Gasteiger partial charge is 0.416 e. The Kier molecular flexibility index (Phi) is 4.51. The zero-order valence-electron chi connectivity index (χ0n) is 13.1. The van der Waals surface area contributed by atoms with Gasteiger partial charge < -0.3 is 10.2 Å². The fourth-order valence-corrected chi connectivity index (χ4v) is 3.03. The number of nitrogens with zero attached hydrogens (tertiary/aromatic N) is 1. The standard InChI is InChI=1S/C17H19F3N2O2/c18-17(19,20)14-4-2-1-3-12(14)9-22-10-13(8-16(22)24)21-15(23)7-11-5-6-11/h1-4,11,13H,5-10H2,(H,21,23)/t13-/m1/s1. The monoisotopic (exact) mass is 340 g/mol. The van der Waals surface area contributed by atoms with Crippen molar-refractivity contribution in [1.82, 2.24) is 10.2 Å². The molecule has 1 aromatic rings. The summed E-state index contributed by atoms with van der Waals surface area (Å²) >= 11 is 0. The maximum Gasteiger partial charge on any atom is 0.416 e. The molecule has 0 spiro atoms. The number of amides is 2. The lowest BCUT2D eigenvalue weighted by molar-refractivity contribution is -0.139.